The van der Waals surface area contributed by atoms with Crippen molar-refractivity contribution in [1.29, 1.82) is 0 Å². The van der Waals surface area contributed by atoms with Crippen molar-refractivity contribution in [3.63, 3.8) is 0 Å². The van der Waals surface area contributed by atoms with Gasteiger partial charge in [-0.2, -0.15) is 0 Å². The van der Waals surface area contributed by atoms with E-state index in [1.165, 1.54) is 60.9 Å². The monoisotopic (exact) mass is 801 g/mol. The minimum atomic E-state index is -0.504. The lowest BCUT2D eigenvalue weighted by Crippen LogP contribution is -2.33. The molecule has 63 heavy (non-hydrogen) atoms. The Balaban J connectivity index is 0.938. The maximum atomic E-state index is 6.30. The van der Waals surface area contributed by atoms with Gasteiger partial charge in [0, 0.05) is 38.2 Å². The number of hydrogen-bond donors (Lipinski definition) is 0. The Morgan fingerprint density at radius 2 is 0.968 bits per heavy atom. The molecule has 2 aliphatic rings. The van der Waals surface area contributed by atoms with Crippen molar-refractivity contribution in [3.8, 4) is 61.8 Å². The fourth-order valence-corrected chi connectivity index (χ4v) is 10.9. The molecule has 0 amide bonds. The molecule has 14 rings (SSSR count). The molecular formula is C59H35N3O. The molecule has 292 valence electrons. The van der Waals surface area contributed by atoms with E-state index in [1.807, 2.05) is 18.2 Å². The zero-order valence-electron chi connectivity index (χ0n) is 34.0. The van der Waals surface area contributed by atoms with Crippen LogP contribution in [0.2, 0.25) is 0 Å². The molecule has 9 aromatic carbocycles. The Bertz CT molecular complexity index is 3810. The Hall–Kier alpha value is -8.34. The summed E-state index contributed by atoms with van der Waals surface area (Å²) >= 11 is 0. The van der Waals surface area contributed by atoms with Gasteiger partial charge in [0.25, 0.3) is 0 Å². The molecule has 4 nitrogen and oxygen atoms in total. The van der Waals surface area contributed by atoms with E-state index in [1.54, 1.807) is 0 Å². The van der Waals surface area contributed by atoms with E-state index < -0.39 is 5.41 Å². The summed E-state index contributed by atoms with van der Waals surface area (Å²) in [6.07, 6.45) is 0. The normalized spacial score (nSPS) is 13.2. The van der Waals surface area contributed by atoms with Gasteiger partial charge in [0.15, 0.2) is 5.82 Å². The second-order valence-electron chi connectivity index (χ2n) is 16.8. The van der Waals surface area contributed by atoms with E-state index in [0.717, 1.165) is 61.1 Å². The molecule has 0 radical (unpaired) electrons. The van der Waals surface area contributed by atoms with Crippen molar-refractivity contribution >= 4 is 43.7 Å². The molecule has 0 saturated carbocycles. The Kier molecular flexibility index (Phi) is 7.01. The number of hydrogen-bond acceptors (Lipinski definition) is 3. The molecule has 0 saturated heterocycles. The molecule has 0 unspecified atom stereocenters. The summed E-state index contributed by atoms with van der Waals surface area (Å²) in [6, 6.07) is 76.7. The van der Waals surface area contributed by atoms with Gasteiger partial charge in [0.1, 0.15) is 11.2 Å². The molecule has 0 fully saturated rings. The Morgan fingerprint density at radius 3 is 1.78 bits per heavy atom. The van der Waals surface area contributed by atoms with Crippen molar-refractivity contribution in [3.05, 3.63) is 235 Å². The lowest BCUT2D eigenvalue weighted by molar-refractivity contribution is 0.669. The largest absolute Gasteiger partial charge is 0.456 e. The van der Waals surface area contributed by atoms with E-state index in [0.29, 0.717) is 5.82 Å². The summed E-state index contributed by atoms with van der Waals surface area (Å²) in [4.78, 5) is 10.4. The lowest BCUT2D eigenvalue weighted by atomic mass is 9.65. The maximum absolute atomic E-state index is 6.30. The number of rotatable bonds is 4. The van der Waals surface area contributed by atoms with E-state index in [2.05, 4.69) is 199 Å². The summed E-state index contributed by atoms with van der Waals surface area (Å²) in [5, 5.41) is 4.76. The van der Waals surface area contributed by atoms with Crippen LogP contribution in [0.1, 0.15) is 22.3 Å². The van der Waals surface area contributed by atoms with Gasteiger partial charge in [-0.05, 0) is 87.0 Å². The van der Waals surface area contributed by atoms with Crippen molar-refractivity contribution in [2.45, 2.75) is 5.41 Å². The molecule has 1 aliphatic heterocycles. The molecule has 4 heterocycles. The predicted molar refractivity (Wildman–Crippen MR) is 256 cm³/mol. The van der Waals surface area contributed by atoms with Gasteiger partial charge in [0.2, 0.25) is 0 Å². The van der Waals surface area contributed by atoms with Crippen LogP contribution < -0.4 is 0 Å². The smallest absolute Gasteiger partial charge is 0.160 e. The molecule has 4 heteroatoms. The van der Waals surface area contributed by atoms with Gasteiger partial charge in [0.05, 0.1) is 33.5 Å². The summed E-state index contributed by atoms with van der Waals surface area (Å²) in [5.41, 5.74) is 19.8. The molecule has 0 atom stereocenters. The second kappa shape index (κ2) is 12.8. The average molecular weight is 802 g/mol. The molecule has 0 bridgehead atoms. The van der Waals surface area contributed by atoms with E-state index in [9.17, 15) is 0 Å². The lowest BCUT2D eigenvalue weighted by Gasteiger charge is -2.40. The minimum Gasteiger partial charge on any atom is -0.456 e. The first-order valence-corrected chi connectivity index (χ1v) is 21.6. The van der Waals surface area contributed by atoms with Gasteiger partial charge >= 0.3 is 0 Å². The van der Waals surface area contributed by atoms with Crippen molar-refractivity contribution in [2.75, 3.05) is 0 Å². The summed E-state index contributed by atoms with van der Waals surface area (Å²) in [5.74, 6) is 0.672. The SMILES string of the molecule is c1ccc(-c2cc(-c3ccc4c(c3)oc3ccccc34)nc(-c3ccc(-c4ccc5c(c4)C4(c6ccccc6-c6ccccc64)c4cccc6c7ccccc7n-5c46)cc3)n2)cc1. The van der Waals surface area contributed by atoms with E-state index in [4.69, 9.17) is 14.4 Å². The van der Waals surface area contributed by atoms with Crippen LogP contribution in [0.25, 0.3) is 106 Å². The molecule has 0 N–H and O–H groups in total. The highest BCUT2D eigenvalue weighted by atomic mass is 16.3. The van der Waals surface area contributed by atoms with Crippen molar-refractivity contribution < 1.29 is 4.42 Å². The van der Waals surface area contributed by atoms with Crippen LogP contribution in [0, 0.1) is 0 Å². The van der Waals surface area contributed by atoms with Gasteiger partial charge in [-0.15, -0.1) is 0 Å². The molecule has 12 aromatic rings. The fraction of sp³-hybridized carbons (Fsp3) is 0.0169. The number of para-hydroxylation sites is 3. The van der Waals surface area contributed by atoms with Gasteiger partial charge in [-0.25, -0.2) is 9.97 Å². The van der Waals surface area contributed by atoms with Crippen LogP contribution in [0.4, 0.5) is 0 Å². The van der Waals surface area contributed by atoms with Crippen molar-refractivity contribution in [2.24, 2.45) is 0 Å². The zero-order chi connectivity index (χ0) is 41.2. The predicted octanol–water partition coefficient (Wildman–Crippen LogP) is 14.8. The van der Waals surface area contributed by atoms with Gasteiger partial charge in [-0.3, -0.25) is 0 Å². The number of benzene rings is 9. The summed E-state index contributed by atoms with van der Waals surface area (Å²) in [7, 11) is 0. The first-order chi connectivity index (χ1) is 31.2. The fourth-order valence-electron chi connectivity index (χ4n) is 10.9. The minimum absolute atomic E-state index is 0.504. The van der Waals surface area contributed by atoms with Gasteiger partial charge in [-0.1, -0.05) is 170 Å². The average Bonchev–Trinajstić information content (AvgIpc) is 4.00. The third-order valence-electron chi connectivity index (χ3n) is 13.6. The second-order valence-corrected chi connectivity index (χ2v) is 16.8. The highest BCUT2D eigenvalue weighted by Crippen LogP contribution is 2.61. The number of nitrogens with zero attached hydrogens (tertiary/aromatic N) is 3. The molecule has 3 aromatic heterocycles. The summed E-state index contributed by atoms with van der Waals surface area (Å²) in [6.45, 7) is 0. The van der Waals surface area contributed by atoms with Crippen molar-refractivity contribution in [1.82, 2.24) is 14.5 Å². The van der Waals surface area contributed by atoms with Crippen LogP contribution in [-0.4, -0.2) is 14.5 Å². The van der Waals surface area contributed by atoms with Crippen LogP contribution in [0.3, 0.4) is 0 Å². The van der Waals surface area contributed by atoms with Crippen LogP contribution in [0.15, 0.2) is 217 Å². The quantitative estimate of drug-likeness (QED) is 0.178. The summed E-state index contributed by atoms with van der Waals surface area (Å²) < 4.78 is 8.81. The first kappa shape index (κ1) is 34.4. The highest BCUT2D eigenvalue weighted by molar-refractivity contribution is 6.13. The third-order valence-corrected chi connectivity index (χ3v) is 13.6. The number of fused-ring (bicyclic) bond motifs is 15. The topological polar surface area (TPSA) is 43.9 Å². The van der Waals surface area contributed by atoms with Crippen LogP contribution >= 0.6 is 0 Å². The Labute approximate surface area is 363 Å². The molecular weight excluding hydrogens is 767 g/mol. The van der Waals surface area contributed by atoms with E-state index >= 15 is 0 Å². The highest BCUT2D eigenvalue weighted by Gasteiger charge is 2.50. The number of aromatic nitrogens is 3. The maximum Gasteiger partial charge on any atom is 0.160 e. The van der Waals surface area contributed by atoms with E-state index in [-0.39, 0.29) is 0 Å². The molecule has 1 spiro atoms. The van der Waals surface area contributed by atoms with Crippen LogP contribution in [0.5, 0.6) is 0 Å². The third kappa shape index (κ3) is 4.75. The van der Waals surface area contributed by atoms with Gasteiger partial charge < -0.3 is 8.98 Å². The van der Waals surface area contributed by atoms with Crippen LogP contribution in [-0.2, 0) is 5.41 Å². The first-order valence-electron chi connectivity index (χ1n) is 21.6. The standard InChI is InChI=1S/C59H35N3O/c1-2-13-37(14-3-1)51-35-52(40-29-31-45-44-18-7-11-24-55(44)63-56(45)34-40)61-58(60-51)38-27-25-36(26-28-38)39-30-32-54-50(33-39)59(47-20-8-4-15-41(47)42-16-5-9-21-48(42)59)49-22-12-19-46-43-17-6-10-23-53(43)62(54)57(46)49/h1-35H. The molecule has 1 aliphatic carbocycles. The Morgan fingerprint density at radius 1 is 0.365 bits per heavy atom. The zero-order valence-corrected chi connectivity index (χ0v) is 34.0. The number of furan rings is 1.